The Morgan fingerprint density at radius 3 is 2.65 bits per heavy atom. The van der Waals surface area contributed by atoms with Crippen molar-refractivity contribution in [2.75, 3.05) is 32.8 Å². The van der Waals surface area contributed by atoms with Crippen LogP contribution in [0.3, 0.4) is 0 Å². The van der Waals surface area contributed by atoms with E-state index in [1.807, 2.05) is 19.1 Å². The standard InChI is InChI=1S/C17H21N3O3/c1-13-2-3-16(23-13)15(20-8-10-22-11-9-20)12-19-17(21)14-4-6-18-7-5-14/h2-7,15H,8-12H2,1H3,(H,19,21)/t15-/m0/s1. The van der Waals surface area contributed by atoms with E-state index in [1.54, 1.807) is 24.5 Å². The summed E-state index contributed by atoms with van der Waals surface area (Å²) in [7, 11) is 0. The number of hydrogen-bond acceptors (Lipinski definition) is 5. The summed E-state index contributed by atoms with van der Waals surface area (Å²) in [5, 5.41) is 2.99. The molecule has 0 aliphatic carbocycles. The van der Waals surface area contributed by atoms with Crippen LogP contribution in [-0.4, -0.2) is 48.6 Å². The van der Waals surface area contributed by atoms with Gasteiger partial charge in [-0.1, -0.05) is 0 Å². The van der Waals surface area contributed by atoms with Crippen LogP contribution in [0.1, 0.15) is 27.9 Å². The number of nitrogens with zero attached hydrogens (tertiary/aromatic N) is 2. The molecule has 0 unspecified atom stereocenters. The van der Waals surface area contributed by atoms with Gasteiger partial charge in [0.15, 0.2) is 0 Å². The molecule has 1 fully saturated rings. The van der Waals surface area contributed by atoms with Gasteiger partial charge in [0, 0.05) is 37.6 Å². The molecule has 0 radical (unpaired) electrons. The second kappa shape index (κ2) is 7.39. The molecular weight excluding hydrogens is 294 g/mol. The summed E-state index contributed by atoms with van der Waals surface area (Å²) in [6.45, 7) is 5.48. The molecule has 2 aromatic rings. The normalized spacial score (nSPS) is 16.9. The molecule has 1 aliphatic rings. The molecule has 0 bridgehead atoms. The molecule has 0 saturated carbocycles. The Labute approximate surface area is 135 Å². The maximum absolute atomic E-state index is 12.3. The fraction of sp³-hybridized carbons (Fsp3) is 0.412. The van der Waals surface area contributed by atoms with Crippen molar-refractivity contribution < 1.29 is 13.9 Å². The lowest BCUT2D eigenvalue weighted by Gasteiger charge is -2.33. The lowest BCUT2D eigenvalue weighted by Crippen LogP contribution is -2.43. The Morgan fingerprint density at radius 2 is 2.00 bits per heavy atom. The van der Waals surface area contributed by atoms with E-state index in [2.05, 4.69) is 15.2 Å². The highest BCUT2D eigenvalue weighted by molar-refractivity contribution is 5.93. The number of morpholine rings is 1. The van der Waals surface area contributed by atoms with Gasteiger partial charge in [0.05, 0.1) is 19.3 Å². The maximum Gasteiger partial charge on any atom is 0.251 e. The van der Waals surface area contributed by atoms with Gasteiger partial charge in [-0.05, 0) is 31.2 Å². The first-order chi connectivity index (χ1) is 11.2. The van der Waals surface area contributed by atoms with Crippen LogP contribution in [-0.2, 0) is 4.74 Å². The Balaban J connectivity index is 1.69. The number of aryl methyl sites for hydroxylation is 1. The number of ether oxygens (including phenoxy) is 1. The second-order valence-corrected chi connectivity index (χ2v) is 5.56. The number of hydrogen-bond donors (Lipinski definition) is 1. The Kier molecular flexibility index (Phi) is 5.05. The number of pyridine rings is 1. The van der Waals surface area contributed by atoms with E-state index in [-0.39, 0.29) is 11.9 Å². The molecule has 23 heavy (non-hydrogen) atoms. The van der Waals surface area contributed by atoms with Crippen LogP contribution in [0.4, 0.5) is 0 Å². The predicted molar refractivity (Wildman–Crippen MR) is 85.1 cm³/mol. The summed E-state index contributed by atoms with van der Waals surface area (Å²) < 4.78 is 11.2. The maximum atomic E-state index is 12.3. The van der Waals surface area contributed by atoms with Gasteiger partial charge in [-0.3, -0.25) is 14.7 Å². The quantitative estimate of drug-likeness (QED) is 0.911. The first-order valence-electron chi connectivity index (χ1n) is 7.80. The van der Waals surface area contributed by atoms with Gasteiger partial charge in [-0.15, -0.1) is 0 Å². The Hall–Kier alpha value is -2.18. The summed E-state index contributed by atoms with van der Waals surface area (Å²) in [6.07, 6.45) is 3.23. The van der Waals surface area contributed by atoms with E-state index in [9.17, 15) is 4.79 Å². The number of amides is 1. The van der Waals surface area contributed by atoms with Crippen molar-refractivity contribution in [3.05, 3.63) is 53.7 Å². The van der Waals surface area contributed by atoms with Gasteiger partial charge in [-0.2, -0.15) is 0 Å². The van der Waals surface area contributed by atoms with Crippen molar-refractivity contribution in [2.45, 2.75) is 13.0 Å². The summed E-state index contributed by atoms with van der Waals surface area (Å²) in [5.74, 6) is 1.65. The van der Waals surface area contributed by atoms with Crippen LogP contribution in [0.5, 0.6) is 0 Å². The van der Waals surface area contributed by atoms with E-state index in [0.29, 0.717) is 25.3 Å². The van der Waals surface area contributed by atoms with Crippen molar-refractivity contribution in [3.8, 4) is 0 Å². The van der Waals surface area contributed by atoms with Crippen molar-refractivity contribution in [1.82, 2.24) is 15.2 Å². The van der Waals surface area contributed by atoms with Crippen LogP contribution >= 0.6 is 0 Å². The molecule has 0 aromatic carbocycles. The zero-order chi connectivity index (χ0) is 16.1. The molecule has 1 amide bonds. The lowest BCUT2D eigenvalue weighted by atomic mass is 10.1. The van der Waals surface area contributed by atoms with Crippen molar-refractivity contribution in [3.63, 3.8) is 0 Å². The summed E-state index contributed by atoms with van der Waals surface area (Å²) in [5.41, 5.74) is 0.608. The van der Waals surface area contributed by atoms with Crippen molar-refractivity contribution in [2.24, 2.45) is 0 Å². The molecule has 1 aliphatic heterocycles. The Morgan fingerprint density at radius 1 is 1.26 bits per heavy atom. The first kappa shape index (κ1) is 15.7. The summed E-state index contributed by atoms with van der Waals surface area (Å²) in [6, 6.07) is 7.35. The zero-order valence-electron chi connectivity index (χ0n) is 13.2. The van der Waals surface area contributed by atoms with E-state index in [1.165, 1.54) is 0 Å². The first-order valence-corrected chi connectivity index (χ1v) is 7.80. The smallest absolute Gasteiger partial charge is 0.251 e. The summed E-state index contributed by atoms with van der Waals surface area (Å²) in [4.78, 5) is 18.5. The summed E-state index contributed by atoms with van der Waals surface area (Å²) >= 11 is 0. The van der Waals surface area contributed by atoms with Crippen LogP contribution in [0.25, 0.3) is 0 Å². The molecule has 122 valence electrons. The molecule has 3 heterocycles. The third-order valence-electron chi connectivity index (χ3n) is 3.97. The number of furan rings is 1. The van der Waals surface area contributed by atoms with Crippen molar-refractivity contribution >= 4 is 5.91 Å². The predicted octanol–water partition coefficient (Wildman–Crippen LogP) is 1.79. The number of nitrogens with one attached hydrogen (secondary N) is 1. The minimum absolute atomic E-state index is 0.0124. The van der Waals surface area contributed by atoms with Gasteiger partial charge in [0.25, 0.3) is 5.91 Å². The third kappa shape index (κ3) is 3.97. The SMILES string of the molecule is Cc1ccc([C@H](CNC(=O)c2ccncc2)N2CCOCC2)o1. The van der Waals surface area contributed by atoms with Gasteiger partial charge in [0.2, 0.25) is 0 Å². The third-order valence-corrected chi connectivity index (χ3v) is 3.97. The van der Waals surface area contributed by atoms with E-state index in [0.717, 1.165) is 24.6 Å². The van der Waals surface area contributed by atoms with Crippen LogP contribution < -0.4 is 5.32 Å². The van der Waals surface area contributed by atoms with Crippen LogP contribution in [0.15, 0.2) is 41.1 Å². The number of carbonyl (C=O) groups excluding carboxylic acids is 1. The van der Waals surface area contributed by atoms with E-state index >= 15 is 0 Å². The molecule has 1 atom stereocenters. The largest absolute Gasteiger partial charge is 0.465 e. The average Bonchev–Trinajstić information content (AvgIpc) is 3.03. The lowest BCUT2D eigenvalue weighted by molar-refractivity contribution is 0.0117. The van der Waals surface area contributed by atoms with Gasteiger partial charge < -0.3 is 14.5 Å². The number of carbonyl (C=O) groups is 1. The molecule has 2 aromatic heterocycles. The van der Waals surface area contributed by atoms with E-state index in [4.69, 9.17) is 9.15 Å². The molecule has 0 spiro atoms. The average molecular weight is 315 g/mol. The fourth-order valence-electron chi connectivity index (χ4n) is 2.73. The Bertz CT molecular complexity index is 636. The van der Waals surface area contributed by atoms with Gasteiger partial charge in [0.1, 0.15) is 11.5 Å². The fourth-order valence-corrected chi connectivity index (χ4v) is 2.73. The monoisotopic (exact) mass is 315 g/mol. The molecule has 1 saturated heterocycles. The molecule has 6 nitrogen and oxygen atoms in total. The van der Waals surface area contributed by atoms with Crippen LogP contribution in [0.2, 0.25) is 0 Å². The minimum Gasteiger partial charge on any atom is -0.465 e. The minimum atomic E-state index is -0.103. The molecule has 6 heteroatoms. The zero-order valence-corrected chi connectivity index (χ0v) is 13.2. The van der Waals surface area contributed by atoms with E-state index < -0.39 is 0 Å². The van der Waals surface area contributed by atoms with Crippen molar-refractivity contribution in [1.29, 1.82) is 0 Å². The highest BCUT2D eigenvalue weighted by Gasteiger charge is 2.25. The highest BCUT2D eigenvalue weighted by Crippen LogP contribution is 2.23. The number of aromatic nitrogens is 1. The topological polar surface area (TPSA) is 67.6 Å². The van der Waals surface area contributed by atoms with Gasteiger partial charge >= 0.3 is 0 Å². The highest BCUT2D eigenvalue weighted by atomic mass is 16.5. The second-order valence-electron chi connectivity index (χ2n) is 5.56. The molecule has 1 N–H and O–H groups in total. The molecular formula is C17H21N3O3. The van der Waals surface area contributed by atoms with Crippen LogP contribution in [0, 0.1) is 6.92 Å². The molecule has 3 rings (SSSR count). The number of rotatable bonds is 5. The van der Waals surface area contributed by atoms with Gasteiger partial charge in [-0.25, -0.2) is 0 Å².